The van der Waals surface area contributed by atoms with Crippen LogP contribution in [-0.4, -0.2) is 12.5 Å². The summed E-state index contributed by atoms with van der Waals surface area (Å²) in [6.07, 6.45) is 8.47. The van der Waals surface area contributed by atoms with Crippen LogP contribution >= 0.6 is 0 Å². The van der Waals surface area contributed by atoms with E-state index in [0.717, 1.165) is 13.0 Å². The van der Waals surface area contributed by atoms with Crippen molar-refractivity contribution in [1.82, 2.24) is 5.32 Å². The highest BCUT2D eigenvalue weighted by molar-refractivity contribution is 5.81. The Hall–Kier alpha value is -0.790. The fourth-order valence-electron chi connectivity index (χ4n) is 1.73. The van der Waals surface area contributed by atoms with Gasteiger partial charge >= 0.3 is 0 Å². The van der Waals surface area contributed by atoms with Crippen molar-refractivity contribution in [3.05, 3.63) is 11.6 Å². The predicted molar refractivity (Wildman–Crippen MR) is 63.6 cm³/mol. The molecule has 0 unspecified atom stereocenters. The van der Waals surface area contributed by atoms with Gasteiger partial charge in [0.2, 0.25) is 5.91 Å². The molecule has 1 N–H and O–H groups in total. The van der Waals surface area contributed by atoms with E-state index in [1.54, 1.807) is 0 Å². The highest BCUT2D eigenvalue weighted by atomic mass is 16.2. The maximum Gasteiger partial charge on any atom is 0.225 e. The average Bonchev–Trinajstić information content (AvgIpc) is 2.18. The van der Waals surface area contributed by atoms with E-state index < -0.39 is 0 Å². The van der Waals surface area contributed by atoms with Gasteiger partial charge in [0, 0.05) is 12.0 Å². The maximum absolute atomic E-state index is 11.6. The van der Waals surface area contributed by atoms with E-state index in [-0.39, 0.29) is 11.3 Å². The monoisotopic (exact) mass is 209 g/mol. The zero-order chi connectivity index (χ0) is 11.3. The Balaban J connectivity index is 2.21. The minimum absolute atomic E-state index is 0.152. The molecule has 0 aromatic heterocycles. The largest absolute Gasteiger partial charge is 0.355 e. The Bertz CT molecular complexity index is 248. The first-order chi connectivity index (χ1) is 7.00. The number of hydrogen-bond acceptors (Lipinski definition) is 1. The van der Waals surface area contributed by atoms with E-state index in [9.17, 15) is 4.79 Å². The molecule has 1 aliphatic carbocycles. The third-order valence-corrected chi connectivity index (χ3v) is 2.80. The van der Waals surface area contributed by atoms with Gasteiger partial charge in [-0.15, -0.1) is 0 Å². The second-order valence-electron chi connectivity index (χ2n) is 5.36. The average molecular weight is 209 g/mol. The van der Waals surface area contributed by atoms with Gasteiger partial charge in [0.25, 0.3) is 0 Å². The highest BCUT2D eigenvalue weighted by Crippen LogP contribution is 2.19. The Morgan fingerprint density at radius 2 is 2.13 bits per heavy atom. The molecule has 15 heavy (non-hydrogen) atoms. The first kappa shape index (κ1) is 12.3. The molecule has 0 saturated heterocycles. The lowest BCUT2D eigenvalue weighted by molar-refractivity contribution is -0.128. The molecule has 1 aliphatic rings. The van der Waals surface area contributed by atoms with Gasteiger partial charge in [-0.05, 0) is 32.1 Å². The Labute approximate surface area is 93.1 Å². The highest BCUT2D eigenvalue weighted by Gasteiger charge is 2.20. The van der Waals surface area contributed by atoms with Crippen molar-refractivity contribution in [2.24, 2.45) is 5.41 Å². The summed E-state index contributed by atoms with van der Waals surface area (Å²) >= 11 is 0. The van der Waals surface area contributed by atoms with Crippen LogP contribution in [0.1, 0.15) is 52.9 Å². The standard InChI is InChI=1S/C13H23NO/c1-13(2,3)12(15)14-10-9-11-7-5-4-6-8-11/h7H,4-6,8-10H2,1-3H3,(H,14,15). The number of amides is 1. The number of carbonyl (C=O) groups excluding carboxylic acids is 1. The fraction of sp³-hybridized carbons (Fsp3) is 0.769. The van der Waals surface area contributed by atoms with Crippen LogP contribution < -0.4 is 5.32 Å². The molecule has 0 bridgehead atoms. The molecule has 0 fully saturated rings. The van der Waals surface area contributed by atoms with Crippen LogP contribution in [0.15, 0.2) is 11.6 Å². The minimum atomic E-state index is -0.263. The molecule has 86 valence electrons. The molecule has 2 nitrogen and oxygen atoms in total. The lowest BCUT2D eigenvalue weighted by Crippen LogP contribution is -2.35. The molecule has 0 saturated carbocycles. The van der Waals surface area contributed by atoms with Crippen LogP contribution in [0, 0.1) is 5.41 Å². The molecule has 0 aromatic carbocycles. The second kappa shape index (κ2) is 5.34. The molecule has 1 amide bonds. The molecule has 0 aliphatic heterocycles. The van der Waals surface area contributed by atoms with E-state index in [0.29, 0.717) is 0 Å². The molecule has 0 radical (unpaired) electrons. The van der Waals surface area contributed by atoms with Crippen LogP contribution in [-0.2, 0) is 4.79 Å². The second-order valence-corrected chi connectivity index (χ2v) is 5.36. The van der Waals surface area contributed by atoms with Gasteiger partial charge in [-0.2, -0.15) is 0 Å². The van der Waals surface area contributed by atoms with E-state index in [4.69, 9.17) is 0 Å². The van der Waals surface area contributed by atoms with Crippen LogP contribution in [0.3, 0.4) is 0 Å². The van der Waals surface area contributed by atoms with Crippen molar-refractivity contribution in [1.29, 1.82) is 0 Å². The van der Waals surface area contributed by atoms with Gasteiger partial charge in [0.05, 0.1) is 0 Å². The van der Waals surface area contributed by atoms with Crippen LogP contribution in [0.25, 0.3) is 0 Å². The van der Waals surface area contributed by atoms with E-state index >= 15 is 0 Å². The zero-order valence-corrected chi connectivity index (χ0v) is 10.2. The van der Waals surface area contributed by atoms with Gasteiger partial charge in [-0.3, -0.25) is 4.79 Å². The molecule has 0 aromatic rings. The number of rotatable bonds is 3. The first-order valence-electron chi connectivity index (χ1n) is 5.96. The topological polar surface area (TPSA) is 29.1 Å². The summed E-state index contributed by atoms with van der Waals surface area (Å²) in [5, 5.41) is 2.99. The smallest absolute Gasteiger partial charge is 0.225 e. The van der Waals surface area contributed by atoms with Gasteiger partial charge in [0.1, 0.15) is 0 Å². The van der Waals surface area contributed by atoms with Crippen molar-refractivity contribution >= 4 is 5.91 Å². The van der Waals surface area contributed by atoms with Gasteiger partial charge in [0.15, 0.2) is 0 Å². The third kappa shape index (κ3) is 4.50. The van der Waals surface area contributed by atoms with Gasteiger partial charge in [-0.25, -0.2) is 0 Å². The summed E-state index contributed by atoms with van der Waals surface area (Å²) in [4.78, 5) is 11.6. The number of allylic oxidation sites excluding steroid dienone is 1. The maximum atomic E-state index is 11.6. The van der Waals surface area contributed by atoms with Crippen molar-refractivity contribution in [3.8, 4) is 0 Å². The molecular formula is C13H23NO. The lowest BCUT2D eigenvalue weighted by Gasteiger charge is -2.18. The number of hydrogen-bond donors (Lipinski definition) is 1. The summed E-state index contributed by atoms with van der Waals surface area (Å²) in [5.41, 5.74) is 1.26. The number of nitrogens with one attached hydrogen (secondary N) is 1. The summed E-state index contributed by atoms with van der Waals surface area (Å²) in [5.74, 6) is 0.152. The third-order valence-electron chi connectivity index (χ3n) is 2.80. The first-order valence-corrected chi connectivity index (χ1v) is 5.96. The predicted octanol–water partition coefficient (Wildman–Crippen LogP) is 3.04. The van der Waals surface area contributed by atoms with Gasteiger partial charge in [-0.1, -0.05) is 32.4 Å². The lowest BCUT2D eigenvalue weighted by atomic mass is 9.95. The molecule has 0 spiro atoms. The Kier molecular flexibility index (Phi) is 4.37. The normalized spacial score (nSPS) is 17.1. The molecule has 2 heteroatoms. The van der Waals surface area contributed by atoms with E-state index in [1.165, 1.54) is 31.3 Å². The SMILES string of the molecule is CC(C)(C)C(=O)NCCC1=CCCCC1. The molecular weight excluding hydrogens is 186 g/mol. The fourth-order valence-corrected chi connectivity index (χ4v) is 1.73. The van der Waals surface area contributed by atoms with Crippen molar-refractivity contribution in [2.75, 3.05) is 6.54 Å². The summed E-state index contributed by atoms with van der Waals surface area (Å²) in [7, 11) is 0. The Morgan fingerprint density at radius 3 is 2.67 bits per heavy atom. The molecule has 0 heterocycles. The summed E-state index contributed by atoms with van der Waals surface area (Å²) in [6, 6.07) is 0. The van der Waals surface area contributed by atoms with Gasteiger partial charge < -0.3 is 5.32 Å². The van der Waals surface area contributed by atoms with Crippen LogP contribution in [0.2, 0.25) is 0 Å². The molecule has 0 atom stereocenters. The Morgan fingerprint density at radius 1 is 1.40 bits per heavy atom. The van der Waals surface area contributed by atoms with Crippen molar-refractivity contribution in [3.63, 3.8) is 0 Å². The quantitative estimate of drug-likeness (QED) is 0.711. The summed E-state index contributed by atoms with van der Waals surface area (Å²) < 4.78 is 0. The summed E-state index contributed by atoms with van der Waals surface area (Å²) in [6.45, 7) is 6.63. The van der Waals surface area contributed by atoms with E-state index in [2.05, 4.69) is 11.4 Å². The van der Waals surface area contributed by atoms with Crippen LogP contribution in [0.5, 0.6) is 0 Å². The van der Waals surface area contributed by atoms with E-state index in [1.807, 2.05) is 20.8 Å². The van der Waals surface area contributed by atoms with Crippen LogP contribution in [0.4, 0.5) is 0 Å². The minimum Gasteiger partial charge on any atom is -0.355 e. The van der Waals surface area contributed by atoms with Crippen molar-refractivity contribution in [2.45, 2.75) is 52.9 Å². The number of carbonyl (C=O) groups is 1. The van der Waals surface area contributed by atoms with Crippen molar-refractivity contribution < 1.29 is 4.79 Å². The zero-order valence-electron chi connectivity index (χ0n) is 10.2. The molecule has 1 rings (SSSR count).